The molecule has 1 heterocycles. The van der Waals surface area contributed by atoms with Gasteiger partial charge in [-0.15, -0.1) is 0 Å². The van der Waals surface area contributed by atoms with Crippen LogP contribution in [0.5, 0.6) is 0 Å². The lowest BCUT2D eigenvalue weighted by atomic mass is 9.91. The predicted molar refractivity (Wildman–Crippen MR) is 70.5 cm³/mol. The van der Waals surface area contributed by atoms with Crippen LogP contribution in [0.25, 0.3) is 0 Å². The molecular formula is C14H21NO4. The van der Waals surface area contributed by atoms with Gasteiger partial charge in [0.1, 0.15) is 12.2 Å². The molecular weight excluding hydrogens is 246 g/mol. The van der Waals surface area contributed by atoms with Crippen LogP contribution in [0.3, 0.4) is 0 Å². The fourth-order valence-electron chi connectivity index (χ4n) is 2.69. The first-order valence-corrected chi connectivity index (χ1v) is 6.52. The van der Waals surface area contributed by atoms with Gasteiger partial charge in [-0.3, -0.25) is 4.90 Å². The highest BCUT2D eigenvalue weighted by molar-refractivity contribution is 5.19. The maximum atomic E-state index is 9.96. The van der Waals surface area contributed by atoms with E-state index in [1.165, 1.54) is 0 Å². The average Bonchev–Trinajstić information content (AvgIpc) is 2.44. The summed E-state index contributed by atoms with van der Waals surface area (Å²) in [5.74, 6) is 0. The highest BCUT2D eigenvalue weighted by Crippen LogP contribution is 2.28. The predicted octanol–water partition coefficient (Wildman–Crippen LogP) is -0.493. The first-order chi connectivity index (χ1) is 9.06. The third-order valence-corrected chi connectivity index (χ3v) is 3.93. The number of β-amino-alcohol motifs (C(OH)–C–C–N with tert-alkyl or cyclic N) is 1. The van der Waals surface area contributed by atoms with Crippen molar-refractivity contribution in [3.05, 3.63) is 35.9 Å². The molecule has 0 aromatic heterocycles. The number of aliphatic hydroxyl groups excluding tert-OH is 4. The molecule has 0 spiro atoms. The van der Waals surface area contributed by atoms with Crippen LogP contribution in [0.2, 0.25) is 0 Å². The van der Waals surface area contributed by atoms with Gasteiger partial charge >= 0.3 is 0 Å². The van der Waals surface area contributed by atoms with Gasteiger partial charge in [-0.25, -0.2) is 0 Å². The molecule has 106 valence electrons. The summed E-state index contributed by atoms with van der Waals surface area (Å²) in [5.41, 5.74) is 1.04. The van der Waals surface area contributed by atoms with E-state index in [1.54, 1.807) is 0 Å². The minimum Gasteiger partial charge on any atom is -0.395 e. The van der Waals surface area contributed by atoms with Crippen molar-refractivity contribution in [2.24, 2.45) is 0 Å². The molecule has 0 aliphatic carbocycles. The molecule has 0 saturated carbocycles. The quantitative estimate of drug-likeness (QED) is 0.594. The molecule has 0 unspecified atom stereocenters. The monoisotopic (exact) mass is 267 g/mol. The molecule has 19 heavy (non-hydrogen) atoms. The van der Waals surface area contributed by atoms with Gasteiger partial charge in [-0.05, 0) is 12.5 Å². The lowest BCUT2D eigenvalue weighted by Crippen LogP contribution is -2.62. The van der Waals surface area contributed by atoms with Crippen molar-refractivity contribution >= 4 is 0 Å². The third kappa shape index (κ3) is 2.80. The Morgan fingerprint density at radius 3 is 2.37 bits per heavy atom. The molecule has 5 nitrogen and oxygen atoms in total. The van der Waals surface area contributed by atoms with E-state index >= 15 is 0 Å². The van der Waals surface area contributed by atoms with E-state index in [4.69, 9.17) is 0 Å². The highest BCUT2D eigenvalue weighted by atomic mass is 16.4. The molecule has 2 rings (SSSR count). The van der Waals surface area contributed by atoms with E-state index in [0.29, 0.717) is 0 Å². The topological polar surface area (TPSA) is 84.2 Å². The summed E-state index contributed by atoms with van der Waals surface area (Å²) in [6.45, 7) is 1.91. The zero-order chi connectivity index (χ0) is 14.0. The first-order valence-electron chi connectivity index (χ1n) is 6.52. The normalized spacial score (nSPS) is 34.2. The van der Waals surface area contributed by atoms with Gasteiger partial charge in [0.2, 0.25) is 0 Å². The minimum absolute atomic E-state index is 0.0600. The zero-order valence-corrected chi connectivity index (χ0v) is 10.9. The Morgan fingerprint density at radius 2 is 1.79 bits per heavy atom. The molecule has 5 atom stereocenters. The summed E-state index contributed by atoms with van der Waals surface area (Å²) in [5, 5.41) is 38.9. The van der Waals surface area contributed by atoms with E-state index < -0.39 is 24.4 Å². The van der Waals surface area contributed by atoms with Gasteiger partial charge in [-0.1, -0.05) is 30.3 Å². The van der Waals surface area contributed by atoms with Gasteiger partial charge in [0.25, 0.3) is 0 Å². The van der Waals surface area contributed by atoms with Crippen LogP contribution in [0.1, 0.15) is 18.5 Å². The van der Waals surface area contributed by atoms with Crippen molar-refractivity contribution in [3.63, 3.8) is 0 Å². The maximum Gasteiger partial charge on any atom is 0.109 e. The molecule has 1 aromatic carbocycles. The fraction of sp³-hybridized carbons (Fsp3) is 0.571. The van der Waals surface area contributed by atoms with Gasteiger partial charge < -0.3 is 20.4 Å². The second-order valence-electron chi connectivity index (χ2n) is 5.08. The standard InChI is InChI=1S/C14H21NO4/c1-9(10-5-3-2-4-6-10)15-7-12(17)14(19)13(18)11(15)8-16/h2-6,9,11-14,16-19H,7-8H2,1H3/t9-,11-,12-,13+,14+/m0/s1. The van der Waals surface area contributed by atoms with Gasteiger partial charge in [0.05, 0.1) is 18.8 Å². The van der Waals surface area contributed by atoms with Crippen LogP contribution in [0.15, 0.2) is 30.3 Å². The number of hydrogen-bond acceptors (Lipinski definition) is 5. The van der Waals surface area contributed by atoms with Crippen molar-refractivity contribution in [2.45, 2.75) is 37.3 Å². The summed E-state index contributed by atoms with van der Waals surface area (Å²) in [4.78, 5) is 1.83. The van der Waals surface area contributed by atoms with Gasteiger partial charge in [0.15, 0.2) is 0 Å². The number of likely N-dealkylation sites (tertiary alicyclic amines) is 1. The molecule has 4 N–H and O–H groups in total. The molecule has 1 fully saturated rings. The number of nitrogens with zero attached hydrogens (tertiary/aromatic N) is 1. The maximum absolute atomic E-state index is 9.96. The average molecular weight is 267 g/mol. The van der Waals surface area contributed by atoms with Gasteiger partial charge in [-0.2, -0.15) is 0 Å². The van der Waals surface area contributed by atoms with Crippen molar-refractivity contribution in [3.8, 4) is 0 Å². The summed E-state index contributed by atoms with van der Waals surface area (Å²) in [6, 6.07) is 9.05. The summed E-state index contributed by atoms with van der Waals surface area (Å²) in [6.07, 6.45) is -3.37. The lowest BCUT2D eigenvalue weighted by Gasteiger charge is -2.46. The van der Waals surface area contributed by atoms with Gasteiger partial charge in [0, 0.05) is 12.6 Å². The molecule has 0 radical (unpaired) electrons. The molecule has 1 aliphatic heterocycles. The van der Waals surface area contributed by atoms with E-state index in [2.05, 4.69) is 0 Å². The number of benzene rings is 1. The molecule has 0 bridgehead atoms. The second-order valence-corrected chi connectivity index (χ2v) is 5.08. The lowest BCUT2D eigenvalue weighted by molar-refractivity contribution is -0.153. The van der Waals surface area contributed by atoms with E-state index in [9.17, 15) is 20.4 Å². The molecule has 1 aromatic rings. The highest BCUT2D eigenvalue weighted by Gasteiger charge is 2.42. The van der Waals surface area contributed by atoms with E-state index in [-0.39, 0.29) is 19.2 Å². The van der Waals surface area contributed by atoms with Crippen molar-refractivity contribution in [1.29, 1.82) is 0 Å². The number of aliphatic hydroxyl groups is 4. The van der Waals surface area contributed by atoms with Crippen LogP contribution >= 0.6 is 0 Å². The Balaban J connectivity index is 2.22. The largest absolute Gasteiger partial charge is 0.395 e. The fourth-order valence-corrected chi connectivity index (χ4v) is 2.69. The van der Waals surface area contributed by atoms with Crippen LogP contribution in [-0.2, 0) is 0 Å². The number of piperidine rings is 1. The first kappa shape index (κ1) is 14.4. The summed E-state index contributed by atoms with van der Waals surface area (Å²) in [7, 11) is 0. The smallest absolute Gasteiger partial charge is 0.109 e. The second kappa shape index (κ2) is 5.98. The van der Waals surface area contributed by atoms with Crippen molar-refractivity contribution in [1.82, 2.24) is 4.90 Å². The van der Waals surface area contributed by atoms with Crippen molar-refractivity contribution < 1.29 is 20.4 Å². The van der Waals surface area contributed by atoms with E-state index in [1.807, 2.05) is 42.2 Å². The minimum atomic E-state index is -1.21. The van der Waals surface area contributed by atoms with Crippen molar-refractivity contribution in [2.75, 3.05) is 13.2 Å². The van der Waals surface area contributed by atoms with E-state index in [0.717, 1.165) is 5.56 Å². The van der Waals surface area contributed by atoms with Crippen LogP contribution in [0, 0.1) is 0 Å². The van der Waals surface area contributed by atoms with Crippen LogP contribution in [-0.4, -0.2) is 62.8 Å². The van der Waals surface area contributed by atoms with Crippen LogP contribution in [0.4, 0.5) is 0 Å². The zero-order valence-electron chi connectivity index (χ0n) is 10.9. The molecule has 1 aliphatic rings. The summed E-state index contributed by atoms with van der Waals surface area (Å²) >= 11 is 0. The number of hydrogen-bond donors (Lipinski definition) is 4. The summed E-state index contributed by atoms with van der Waals surface area (Å²) < 4.78 is 0. The third-order valence-electron chi connectivity index (χ3n) is 3.93. The molecule has 5 heteroatoms. The SMILES string of the molecule is C[C@@H](c1ccccc1)N1C[C@H](O)[C@@H](O)[C@H](O)[C@@H]1CO. The van der Waals surface area contributed by atoms with Crippen LogP contribution < -0.4 is 0 Å². The Kier molecular flexibility index (Phi) is 4.54. The Bertz CT molecular complexity index is 400. The molecule has 1 saturated heterocycles. The molecule has 0 amide bonds. The Labute approximate surface area is 112 Å². The Morgan fingerprint density at radius 1 is 1.16 bits per heavy atom. The Hall–Kier alpha value is -0.980. The number of rotatable bonds is 3.